The lowest BCUT2D eigenvalue weighted by molar-refractivity contribution is -0.305. The van der Waals surface area contributed by atoms with E-state index in [0.717, 1.165) is 0 Å². The highest BCUT2D eigenvalue weighted by Crippen LogP contribution is 2.22. The van der Waals surface area contributed by atoms with E-state index in [9.17, 15) is 19.5 Å². The van der Waals surface area contributed by atoms with Gasteiger partial charge in [-0.3, -0.25) is 14.5 Å². The van der Waals surface area contributed by atoms with Crippen molar-refractivity contribution in [1.29, 1.82) is 0 Å². The van der Waals surface area contributed by atoms with Crippen molar-refractivity contribution >= 4 is 17.8 Å². The number of benzene rings is 1. The minimum Gasteiger partial charge on any atom is -0.550 e. The summed E-state index contributed by atoms with van der Waals surface area (Å²) in [6, 6.07) is 6.67. The number of carboxylic acid groups (broad SMARTS) is 1. The van der Waals surface area contributed by atoms with Crippen LogP contribution in [0.1, 0.15) is 40.0 Å². The number of nitrogens with zero attached hydrogens (tertiary/aromatic N) is 1. The average Bonchev–Trinajstić information content (AvgIpc) is 2.59. The first kappa shape index (κ1) is 12.3. The van der Waals surface area contributed by atoms with Crippen molar-refractivity contribution < 1.29 is 19.5 Å². The van der Waals surface area contributed by atoms with Crippen LogP contribution in [0.4, 0.5) is 0 Å². The highest BCUT2D eigenvalue weighted by atomic mass is 16.4. The highest BCUT2D eigenvalue weighted by molar-refractivity contribution is 6.21. The minimum absolute atomic E-state index is 0.0524. The van der Waals surface area contributed by atoms with Crippen LogP contribution in [-0.4, -0.2) is 29.2 Å². The monoisotopic (exact) mass is 246 g/mol. The molecule has 2 rings (SSSR count). The molecule has 94 valence electrons. The van der Waals surface area contributed by atoms with Gasteiger partial charge in [0.15, 0.2) is 0 Å². The fraction of sp³-hybridized carbons (Fsp3) is 0.308. The van der Waals surface area contributed by atoms with Gasteiger partial charge in [-0.15, -0.1) is 0 Å². The van der Waals surface area contributed by atoms with Gasteiger partial charge < -0.3 is 9.90 Å². The Morgan fingerprint density at radius 1 is 1.06 bits per heavy atom. The van der Waals surface area contributed by atoms with Crippen LogP contribution in [0.3, 0.4) is 0 Å². The van der Waals surface area contributed by atoms with Gasteiger partial charge in [0.2, 0.25) is 0 Å². The fourth-order valence-corrected chi connectivity index (χ4v) is 1.98. The molecule has 5 nitrogen and oxygen atoms in total. The summed E-state index contributed by atoms with van der Waals surface area (Å²) in [6.45, 7) is 0.250. The molecule has 0 aromatic heterocycles. The van der Waals surface area contributed by atoms with Crippen LogP contribution in [0, 0.1) is 0 Å². The van der Waals surface area contributed by atoms with Crippen LogP contribution in [0.15, 0.2) is 24.3 Å². The molecule has 18 heavy (non-hydrogen) atoms. The molecular formula is C13H12NO4-. The molecule has 0 saturated carbocycles. The van der Waals surface area contributed by atoms with E-state index in [1.807, 2.05) is 0 Å². The van der Waals surface area contributed by atoms with Crippen molar-refractivity contribution in [3.8, 4) is 0 Å². The molecule has 0 unspecified atom stereocenters. The lowest BCUT2D eigenvalue weighted by Crippen LogP contribution is -2.31. The zero-order chi connectivity index (χ0) is 13.1. The van der Waals surface area contributed by atoms with Crippen LogP contribution in [0.5, 0.6) is 0 Å². The maximum absolute atomic E-state index is 11.9. The van der Waals surface area contributed by atoms with Gasteiger partial charge in [-0.25, -0.2) is 0 Å². The molecule has 0 saturated heterocycles. The Bertz CT molecular complexity index is 474. The third kappa shape index (κ3) is 2.25. The van der Waals surface area contributed by atoms with Crippen molar-refractivity contribution in [1.82, 2.24) is 4.90 Å². The van der Waals surface area contributed by atoms with Crippen LogP contribution in [-0.2, 0) is 4.79 Å². The number of fused-ring (bicyclic) bond motifs is 1. The number of carbonyl (C=O) groups excluding carboxylic acids is 3. The molecule has 1 aromatic carbocycles. The van der Waals surface area contributed by atoms with Gasteiger partial charge in [-0.1, -0.05) is 12.1 Å². The zero-order valence-corrected chi connectivity index (χ0v) is 9.72. The smallest absolute Gasteiger partial charge is 0.261 e. The Morgan fingerprint density at radius 2 is 1.61 bits per heavy atom. The minimum atomic E-state index is -1.11. The van der Waals surface area contributed by atoms with E-state index in [-0.39, 0.29) is 24.8 Å². The Hall–Kier alpha value is -2.17. The summed E-state index contributed by atoms with van der Waals surface area (Å²) in [5.41, 5.74) is 0.838. The number of amides is 2. The van der Waals surface area contributed by atoms with Gasteiger partial charge in [0.05, 0.1) is 11.1 Å². The van der Waals surface area contributed by atoms with Gasteiger partial charge in [-0.05, 0) is 31.4 Å². The van der Waals surface area contributed by atoms with Crippen molar-refractivity contribution in [3.05, 3.63) is 35.4 Å². The Balaban J connectivity index is 1.99. The third-order valence-corrected chi connectivity index (χ3v) is 2.89. The van der Waals surface area contributed by atoms with Gasteiger partial charge in [0.25, 0.3) is 11.8 Å². The van der Waals surface area contributed by atoms with E-state index in [4.69, 9.17) is 0 Å². The molecule has 1 heterocycles. The van der Waals surface area contributed by atoms with E-state index < -0.39 is 5.97 Å². The lowest BCUT2D eigenvalue weighted by Gasteiger charge is -2.13. The van der Waals surface area contributed by atoms with E-state index in [1.165, 1.54) is 4.90 Å². The molecule has 0 spiro atoms. The molecule has 0 N–H and O–H groups in total. The fourth-order valence-electron chi connectivity index (χ4n) is 1.98. The second-order valence-electron chi connectivity index (χ2n) is 4.14. The number of aliphatic carboxylic acids is 1. The summed E-state index contributed by atoms with van der Waals surface area (Å²) in [5.74, 6) is -1.72. The number of rotatable bonds is 5. The molecule has 1 aliphatic heterocycles. The Labute approximate surface area is 104 Å². The number of hydrogen-bond acceptors (Lipinski definition) is 4. The largest absolute Gasteiger partial charge is 0.550 e. The van der Waals surface area contributed by atoms with Crippen molar-refractivity contribution in [2.24, 2.45) is 0 Å². The topological polar surface area (TPSA) is 77.5 Å². The molecule has 0 fully saturated rings. The molecule has 1 aliphatic rings. The van der Waals surface area contributed by atoms with E-state index >= 15 is 0 Å². The molecule has 0 atom stereocenters. The summed E-state index contributed by atoms with van der Waals surface area (Å²) in [5, 5.41) is 10.2. The molecule has 2 amide bonds. The average molecular weight is 246 g/mol. The summed E-state index contributed by atoms with van der Waals surface area (Å²) in [7, 11) is 0. The highest BCUT2D eigenvalue weighted by Gasteiger charge is 2.34. The summed E-state index contributed by atoms with van der Waals surface area (Å²) in [4.78, 5) is 35.2. The predicted molar refractivity (Wildman–Crippen MR) is 60.7 cm³/mol. The molecule has 1 aromatic rings. The van der Waals surface area contributed by atoms with Gasteiger partial charge in [0.1, 0.15) is 0 Å². The zero-order valence-electron chi connectivity index (χ0n) is 9.72. The van der Waals surface area contributed by atoms with Crippen LogP contribution in [0.2, 0.25) is 0 Å². The summed E-state index contributed by atoms with van der Waals surface area (Å²) in [6.07, 6.45) is 0.818. The van der Waals surface area contributed by atoms with Gasteiger partial charge >= 0.3 is 0 Å². The quantitative estimate of drug-likeness (QED) is 0.549. The van der Waals surface area contributed by atoms with Crippen LogP contribution >= 0.6 is 0 Å². The number of hydrogen-bond donors (Lipinski definition) is 0. The van der Waals surface area contributed by atoms with E-state index in [1.54, 1.807) is 24.3 Å². The molecule has 0 radical (unpaired) electrons. The first-order valence-corrected chi connectivity index (χ1v) is 5.76. The SMILES string of the molecule is O=C([O-])CCCCN1C(=O)c2ccccc2C1=O. The number of carboxylic acids is 1. The molecule has 0 bridgehead atoms. The second-order valence-corrected chi connectivity index (χ2v) is 4.14. The van der Waals surface area contributed by atoms with E-state index in [2.05, 4.69) is 0 Å². The van der Waals surface area contributed by atoms with Crippen molar-refractivity contribution in [2.45, 2.75) is 19.3 Å². The Morgan fingerprint density at radius 3 is 2.11 bits per heavy atom. The molecule has 5 heteroatoms. The van der Waals surface area contributed by atoms with Crippen molar-refractivity contribution in [2.75, 3.05) is 6.54 Å². The first-order valence-electron chi connectivity index (χ1n) is 5.76. The Kier molecular flexibility index (Phi) is 3.41. The first-order chi connectivity index (χ1) is 8.61. The van der Waals surface area contributed by atoms with Crippen LogP contribution in [0.25, 0.3) is 0 Å². The lowest BCUT2D eigenvalue weighted by atomic mass is 10.1. The molecule has 0 aliphatic carbocycles. The normalized spacial score (nSPS) is 13.9. The third-order valence-electron chi connectivity index (χ3n) is 2.89. The summed E-state index contributed by atoms with van der Waals surface area (Å²) < 4.78 is 0. The number of unbranched alkanes of at least 4 members (excludes halogenated alkanes) is 1. The molecular weight excluding hydrogens is 234 g/mol. The van der Waals surface area contributed by atoms with E-state index in [0.29, 0.717) is 24.0 Å². The number of imide groups is 1. The standard InChI is InChI=1S/C13H13NO4/c15-11(16)7-3-4-8-14-12(17)9-5-1-2-6-10(9)13(14)18/h1-2,5-6H,3-4,7-8H2,(H,15,16)/p-1. The second kappa shape index (κ2) is 5.00. The van der Waals surface area contributed by atoms with Crippen LogP contribution < -0.4 is 5.11 Å². The summed E-state index contributed by atoms with van der Waals surface area (Å²) >= 11 is 0. The van der Waals surface area contributed by atoms with Crippen molar-refractivity contribution in [3.63, 3.8) is 0 Å². The predicted octanol–water partition coefficient (Wildman–Crippen LogP) is 0.203. The van der Waals surface area contributed by atoms with Gasteiger partial charge in [-0.2, -0.15) is 0 Å². The van der Waals surface area contributed by atoms with Gasteiger partial charge in [0, 0.05) is 12.5 Å². The number of carbonyl (C=O) groups is 3. The maximum Gasteiger partial charge on any atom is 0.261 e. The maximum atomic E-state index is 11.9.